The van der Waals surface area contributed by atoms with Crippen LogP contribution in [0.3, 0.4) is 0 Å². The smallest absolute Gasteiger partial charge is 0.353 e. The van der Waals surface area contributed by atoms with Crippen molar-refractivity contribution in [2.45, 2.75) is 26.2 Å². The van der Waals surface area contributed by atoms with Crippen LogP contribution < -0.4 is 15.4 Å². The Balaban J connectivity index is 1.69. The van der Waals surface area contributed by atoms with Crippen LogP contribution in [0.1, 0.15) is 24.6 Å². The maximum Gasteiger partial charge on any atom is 0.353 e. The molecule has 3 aromatic rings. The van der Waals surface area contributed by atoms with E-state index in [-0.39, 0.29) is 17.3 Å². The number of hydrogen-bond acceptors (Lipinski definition) is 8. The summed E-state index contributed by atoms with van der Waals surface area (Å²) in [4.78, 5) is 20.5. The molecule has 2 N–H and O–H groups in total. The molecule has 0 atom stereocenters. The molecule has 0 aliphatic heterocycles. The summed E-state index contributed by atoms with van der Waals surface area (Å²) >= 11 is 1.65. The van der Waals surface area contributed by atoms with Gasteiger partial charge in [0.2, 0.25) is 11.6 Å². The van der Waals surface area contributed by atoms with E-state index in [1.165, 1.54) is 11.2 Å². The summed E-state index contributed by atoms with van der Waals surface area (Å²) in [7, 11) is 0. The fourth-order valence-electron chi connectivity index (χ4n) is 2.64. The zero-order valence-electron chi connectivity index (χ0n) is 16.1. The van der Waals surface area contributed by atoms with E-state index in [4.69, 9.17) is 4.74 Å². The molecular formula is C20H23N5O3S. The van der Waals surface area contributed by atoms with Crippen molar-refractivity contribution in [1.29, 1.82) is 0 Å². The molecule has 9 heteroatoms. The molecule has 0 spiro atoms. The molecule has 1 aromatic carbocycles. The van der Waals surface area contributed by atoms with Crippen LogP contribution in [0.2, 0.25) is 0 Å². The van der Waals surface area contributed by atoms with E-state index < -0.39 is 4.92 Å². The van der Waals surface area contributed by atoms with E-state index in [9.17, 15) is 10.1 Å². The lowest BCUT2D eigenvalue weighted by atomic mass is 10.3. The van der Waals surface area contributed by atoms with E-state index >= 15 is 0 Å². The topological polar surface area (TPSA) is 102 Å². The van der Waals surface area contributed by atoms with E-state index in [1.807, 2.05) is 29.6 Å². The zero-order valence-corrected chi connectivity index (χ0v) is 16.9. The molecule has 0 aliphatic rings. The summed E-state index contributed by atoms with van der Waals surface area (Å²) in [6.45, 7) is 3.32. The lowest BCUT2D eigenvalue weighted by Crippen LogP contribution is -2.10. The number of nitro groups is 1. The summed E-state index contributed by atoms with van der Waals surface area (Å²) < 4.78 is 5.64. The molecule has 2 aromatic heterocycles. The summed E-state index contributed by atoms with van der Waals surface area (Å²) in [6.07, 6.45) is 4.14. The second-order valence-electron chi connectivity index (χ2n) is 6.28. The minimum Gasteiger partial charge on any atom is -0.494 e. The Morgan fingerprint density at radius 3 is 2.66 bits per heavy atom. The Morgan fingerprint density at radius 1 is 1.17 bits per heavy atom. The van der Waals surface area contributed by atoms with Gasteiger partial charge in [0.25, 0.3) is 0 Å². The number of nitrogens with one attached hydrogen (secondary N) is 2. The number of ether oxygens (including phenoxy) is 1. The van der Waals surface area contributed by atoms with Crippen molar-refractivity contribution in [2.24, 2.45) is 0 Å². The number of aromatic nitrogens is 2. The number of thiophene rings is 1. The van der Waals surface area contributed by atoms with Gasteiger partial charge >= 0.3 is 5.69 Å². The number of rotatable bonds is 11. The van der Waals surface area contributed by atoms with Gasteiger partial charge in [-0.05, 0) is 48.6 Å². The standard InChI is InChI=1S/C20H23N5O3S/c1-2-3-12-28-16-8-6-15(7-9-16)24-20-18(25(26)27)19(22-14-23-20)21-11-10-17-5-4-13-29-17/h4-9,13-14H,2-3,10-12H2,1H3,(H2,21,22,23,24). The normalized spacial score (nSPS) is 10.5. The van der Waals surface area contributed by atoms with Gasteiger partial charge in [-0.25, -0.2) is 9.97 Å². The highest BCUT2D eigenvalue weighted by molar-refractivity contribution is 7.09. The zero-order chi connectivity index (χ0) is 20.5. The van der Waals surface area contributed by atoms with Crippen LogP contribution >= 0.6 is 11.3 Å². The fraction of sp³-hybridized carbons (Fsp3) is 0.300. The minimum absolute atomic E-state index is 0.142. The SMILES string of the molecule is CCCCOc1ccc(Nc2ncnc(NCCc3cccs3)c2[N+](=O)[O-])cc1. The van der Waals surface area contributed by atoms with Gasteiger partial charge < -0.3 is 15.4 Å². The van der Waals surface area contributed by atoms with Crippen LogP contribution in [-0.2, 0) is 6.42 Å². The highest BCUT2D eigenvalue weighted by Crippen LogP contribution is 2.31. The Kier molecular flexibility index (Phi) is 7.34. The third kappa shape index (κ3) is 5.89. The molecule has 0 bridgehead atoms. The van der Waals surface area contributed by atoms with E-state index in [1.54, 1.807) is 23.5 Å². The lowest BCUT2D eigenvalue weighted by Gasteiger charge is -2.11. The van der Waals surface area contributed by atoms with Crippen LogP contribution in [0.25, 0.3) is 0 Å². The summed E-state index contributed by atoms with van der Waals surface area (Å²) in [5.74, 6) is 1.10. The van der Waals surface area contributed by atoms with Crippen LogP contribution in [0.4, 0.5) is 23.0 Å². The maximum absolute atomic E-state index is 11.7. The molecule has 2 heterocycles. The van der Waals surface area contributed by atoms with Crippen molar-refractivity contribution in [2.75, 3.05) is 23.8 Å². The first-order valence-corrected chi connectivity index (χ1v) is 10.3. The predicted molar refractivity (Wildman–Crippen MR) is 115 cm³/mol. The predicted octanol–water partition coefficient (Wildman–Crippen LogP) is 5.02. The Labute approximate surface area is 173 Å². The van der Waals surface area contributed by atoms with E-state index in [0.29, 0.717) is 18.8 Å². The molecule has 0 saturated carbocycles. The second kappa shape index (κ2) is 10.4. The van der Waals surface area contributed by atoms with Crippen molar-refractivity contribution in [1.82, 2.24) is 9.97 Å². The Hall–Kier alpha value is -3.20. The van der Waals surface area contributed by atoms with Crippen molar-refractivity contribution >= 4 is 34.3 Å². The first-order valence-electron chi connectivity index (χ1n) is 9.43. The highest BCUT2D eigenvalue weighted by atomic mass is 32.1. The molecule has 0 fully saturated rings. The Bertz CT molecular complexity index is 916. The molecule has 0 unspecified atom stereocenters. The number of hydrogen-bond donors (Lipinski definition) is 2. The van der Waals surface area contributed by atoms with Crippen molar-refractivity contribution in [3.63, 3.8) is 0 Å². The van der Waals surface area contributed by atoms with Gasteiger partial charge in [-0.15, -0.1) is 11.3 Å². The molecular weight excluding hydrogens is 390 g/mol. The van der Waals surface area contributed by atoms with Gasteiger partial charge in [-0.2, -0.15) is 0 Å². The van der Waals surface area contributed by atoms with Gasteiger partial charge in [-0.1, -0.05) is 19.4 Å². The van der Waals surface area contributed by atoms with Crippen molar-refractivity contribution < 1.29 is 9.66 Å². The number of nitrogens with zero attached hydrogens (tertiary/aromatic N) is 3. The number of anilines is 3. The molecule has 8 nitrogen and oxygen atoms in total. The Morgan fingerprint density at radius 2 is 1.97 bits per heavy atom. The van der Waals surface area contributed by atoms with Gasteiger partial charge in [-0.3, -0.25) is 10.1 Å². The summed E-state index contributed by atoms with van der Waals surface area (Å²) in [5, 5.41) is 19.7. The van der Waals surface area contributed by atoms with E-state index in [2.05, 4.69) is 27.5 Å². The quantitative estimate of drug-likeness (QED) is 0.258. The molecule has 3 rings (SSSR count). The second-order valence-corrected chi connectivity index (χ2v) is 7.32. The van der Waals surface area contributed by atoms with Gasteiger partial charge in [0.1, 0.15) is 12.1 Å². The molecule has 29 heavy (non-hydrogen) atoms. The lowest BCUT2D eigenvalue weighted by molar-refractivity contribution is -0.383. The molecule has 0 saturated heterocycles. The maximum atomic E-state index is 11.7. The minimum atomic E-state index is -0.474. The van der Waals surface area contributed by atoms with E-state index in [0.717, 1.165) is 25.0 Å². The molecule has 0 aliphatic carbocycles. The summed E-state index contributed by atoms with van der Waals surface area (Å²) in [6, 6.07) is 11.3. The van der Waals surface area contributed by atoms with Crippen LogP contribution in [-0.4, -0.2) is 28.0 Å². The third-order valence-corrected chi connectivity index (χ3v) is 5.07. The first kappa shape index (κ1) is 20.5. The molecule has 0 radical (unpaired) electrons. The molecule has 152 valence electrons. The van der Waals surface area contributed by atoms with Gasteiger partial charge in [0, 0.05) is 17.1 Å². The van der Waals surface area contributed by atoms with Gasteiger partial charge in [0.05, 0.1) is 11.5 Å². The number of benzene rings is 1. The highest BCUT2D eigenvalue weighted by Gasteiger charge is 2.23. The third-order valence-electron chi connectivity index (χ3n) is 4.13. The van der Waals surface area contributed by atoms with Gasteiger partial charge in [0.15, 0.2) is 0 Å². The number of unbranched alkanes of at least 4 members (excludes halogenated alkanes) is 1. The van der Waals surface area contributed by atoms with Crippen LogP contribution in [0, 0.1) is 10.1 Å². The van der Waals surface area contributed by atoms with Crippen molar-refractivity contribution in [3.8, 4) is 5.75 Å². The monoisotopic (exact) mass is 413 g/mol. The first-order chi connectivity index (χ1) is 14.2. The van der Waals surface area contributed by atoms with Crippen LogP contribution in [0.15, 0.2) is 48.1 Å². The average molecular weight is 414 g/mol. The average Bonchev–Trinajstić information content (AvgIpc) is 3.23. The largest absolute Gasteiger partial charge is 0.494 e. The molecule has 0 amide bonds. The van der Waals surface area contributed by atoms with Crippen LogP contribution in [0.5, 0.6) is 5.75 Å². The fourth-order valence-corrected chi connectivity index (χ4v) is 3.35. The summed E-state index contributed by atoms with van der Waals surface area (Å²) in [5.41, 5.74) is 0.501. The van der Waals surface area contributed by atoms with Crippen molar-refractivity contribution in [3.05, 3.63) is 63.1 Å².